The van der Waals surface area contributed by atoms with Gasteiger partial charge >= 0.3 is 0 Å². The number of benzene rings is 1. The van der Waals surface area contributed by atoms with Crippen LogP contribution in [0, 0.1) is 0 Å². The van der Waals surface area contributed by atoms with Gasteiger partial charge in [-0.3, -0.25) is 9.78 Å². The van der Waals surface area contributed by atoms with Gasteiger partial charge in [-0.1, -0.05) is 22.0 Å². The van der Waals surface area contributed by atoms with Gasteiger partial charge in [0, 0.05) is 33.0 Å². The maximum atomic E-state index is 12.3. The van der Waals surface area contributed by atoms with Crippen LogP contribution in [-0.2, 0) is 0 Å². The fourth-order valence-electron chi connectivity index (χ4n) is 2.00. The number of hydrogen-bond acceptors (Lipinski definition) is 4. The molecule has 0 fully saturated rings. The standard InChI is InChI=1S/C16H12BrN3OS/c17-11-6-12(18)8-13(7-11)20-16(21)15-5-10(9-22-15)14-3-1-2-4-19-14/h1-9H,18H2,(H,20,21). The second kappa shape index (κ2) is 6.29. The van der Waals surface area contributed by atoms with Crippen molar-refractivity contribution in [2.75, 3.05) is 11.1 Å². The Morgan fingerprint density at radius 3 is 2.82 bits per heavy atom. The number of halogens is 1. The van der Waals surface area contributed by atoms with Crippen LogP contribution in [-0.4, -0.2) is 10.9 Å². The number of aromatic nitrogens is 1. The van der Waals surface area contributed by atoms with Crippen molar-refractivity contribution in [3.05, 3.63) is 63.4 Å². The van der Waals surface area contributed by atoms with Crippen LogP contribution in [0.4, 0.5) is 11.4 Å². The maximum Gasteiger partial charge on any atom is 0.265 e. The van der Waals surface area contributed by atoms with Crippen molar-refractivity contribution in [3.63, 3.8) is 0 Å². The number of carbonyl (C=O) groups excluding carboxylic acids is 1. The van der Waals surface area contributed by atoms with Gasteiger partial charge in [0.1, 0.15) is 0 Å². The summed E-state index contributed by atoms with van der Waals surface area (Å²) in [7, 11) is 0. The van der Waals surface area contributed by atoms with E-state index in [0.717, 1.165) is 15.7 Å². The summed E-state index contributed by atoms with van der Waals surface area (Å²) >= 11 is 4.74. The second-order valence-electron chi connectivity index (χ2n) is 4.64. The number of pyridine rings is 1. The first kappa shape index (κ1) is 14.7. The van der Waals surface area contributed by atoms with Gasteiger partial charge in [0.15, 0.2) is 0 Å². The molecule has 0 radical (unpaired) electrons. The van der Waals surface area contributed by atoms with Crippen molar-refractivity contribution >= 4 is 44.5 Å². The summed E-state index contributed by atoms with van der Waals surface area (Å²) in [6.45, 7) is 0. The largest absolute Gasteiger partial charge is 0.399 e. The molecule has 6 heteroatoms. The van der Waals surface area contributed by atoms with Gasteiger partial charge < -0.3 is 11.1 Å². The normalized spacial score (nSPS) is 10.4. The summed E-state index contributed by atoms with van der Waals surface area (Å²) in [5.74, 6) is -0.162. The molecular weight excluding hydrogens is 362 g/mol. The lowest BCUT2D eigenvalue weighted by Crippen LogP contribution is -2.10. The van der Waals surface area contributed by atoms with E-state index in [9.17, 15) is 4.79 Å². The van der Waals surface area contributed by atoms with Crippen LogP contribution in [0.2, 0.25) is 0 Å². The Bertz CT molecular complexity index is 797. The molecule has 1 aromatic carbocycles. The molecule has 110 valence electrons. The molecule has 0 aliphatic carbocycles. The average molecular weight is 374 g/mol. The van der Waals surface area contributed by atoms with E-state index in [1.54, 1.807) is 18.3 Å². The minimum Gasteiger partial charge on any atom is -0.399 e. The highest BCUT2D eigenvalue weighted by Gasteiger charge is 2.11. The molecule has 0 saturated carbocycles. The van der Waals surface area contributed by atoms with Crippen molar-refractivity contribution in [1.82, 2.24) is 4.98 Å². The van der Waals surface area contributed by atoms with Gasteiger partial charge in [-0.15, -0.1) is 11.3 Å². The van der Waals surface area contributed by atoms with Crippen LogP contribution < -0.4 is 11.1 Å². The average Bonchev–Trinajstić information content (AvgIpc) is 2.97. The number of nitrogens with one attached hydrogen (secondary N) is 1. The number of amides is 1. The minimum atomic E-state index is -0.162. The molecule has 2 aromatic heterocycles. The Morgan fingerprint density at radius 2 is 2.09 bits per heavy atom. The number of nitrogen functional groups attached to an aromatic ring is 1. The predicted molar refractivity (Wildman–Crippen MR) is 94.1 cm³/mol. The fourth-order valence-corrected chi connectivity index (χ4v) is 3.31. The van der Waals surface area contributed by atoms with E-state index in [4.69, 9.17) is 5.73 Å². The van der Waals surface area contributed by atoms with Gasteiger partial charge in [-0.2, -0.15) is 0 Å². The van der Waals surface area contributed by atoms with E-state index >= 15 is 0 Å². The molecular formula is C16H12BrN3OS. The highest BCUT2D eigenvalue weighted by atomic mass is 79.9. The Kier molecular flexibility index (Phi) is 4.22. The van der Waals surface area contributed by atoms with Crippen LogP contribution in [0.3, 0.4) is 0 Å². The van der Waals surface area contributed by atoms with Crippen molar-refractivity contribution < 1.29 is 4.79 Å². The highest BCUT2D eigenvalue weighted by Crippen LogP contribution is 2.26. The quantitative estimate of drug-likeness (QED) is 0.668. The molecule has 22 heavy (non-hydrogen) atoms. The van der Waals surface area contributed by atoms with Crippen molar-refractivity contribution in [3.8, 4) is 11.3 Å². The zero-order valence-corrected chi connectivity index (χ0v) is 13.8. The maximum absolute atomic E-state index is 12.3. The molecule has 1 amide bonds. The lowest BCUT2D eigenvalue weighted by atomic mass is 10.2. The van der Waals surface area contributed by atoms with Crippen LogP contribution in [0.25, 0.3) is 11.3 Å². The summed E-state index contributed by atoms with van der Waals surface area (Å²) in [5, 5.41) is 4.77. The van der Waals surface area contributed by atoms with E-state index in [2.05, 4.69) is 26.2 Å². The predicted octanol–water partition coefficient (Wildman–Crippen LogP) is 4.41. The Hall–Kier alpha value is -2.18. The number of anilines is 2. The fraction of sp³-hybridized carbons (Fsp3) is 0. The van der Waals surface area contributed by atoms with E-state index in [0.29, 0.717) is 16.3 Å². The zero-order valence-electron chi connectivity index (χ0n) is 11.4. The molecule has 2 heterocycles. The van der Waals surface area contributed by atoms with Gasteiger partial charge in [0.05, 0.1) is 10.6 Å². The first-order valence-electron chi connectivity index (χ1n) is 6.49. The number of nitrogens with two attached hydrogens (primary N) is 1. The second-order valence-corrected chi connectivity index (χ2v) is 6.47. The third-order valence-electron chi connectivity index (χ3n) is 2.96. The number of rotatable bonds is 3. The van der Waals surface area contributed by atoms with E-state index in [1.165, 1.54) is 11.3 Å². The summed E-state index contributed by atoms with van der Waals surface area (Å²) in [6, 6.07) is 12.8. The van der Waals surface area contributed by atoms with Gasteiger partial charge in [0.25, 0.3) is 5.91 Å². The third-order valence-corrected chi connectivity index (χ3v) is 4.35. The van der Waals surface area contributed by atoms with Crippen LogP contribution >= 0.6 is 27.3 Å². The third kappa shape index (κ3) is 3.35. The lowest BCUT2D eigenvalue weighted by Gasteiger charge is -2.05. The number of thiophene rings is 1. The summed E-state index contributed by atoms with van der Waals surface area (Å²) in [5.41, 5.74) is 8.80. The van der Waals surface area contributed by atoms with Crippen LogP contribution in [0.5, 0.6) is 0 Å². The molecule has 3 rings (SSSR count). The summed E-state index contributed by atoms with van der Waals surface area (Å²) in [6.07, 6.45) is 1.73. The van der Waals surface area contributed by atoms with Gasteiger partial charge in [-0.25, -0.2) is 0 Å². The van der Waals surface area contributed by atoms with E-state index < -0.39 is 0 Å². The molecule has 3 aromatic rings. The molecule has 0 aliphatic rings. The molecule has 0 bridgehead atoms. The molecule has 0 unspecified atom stereocenters. The molecule has 3 N–H and O–H groups in total. The molecule has 0 atom stereocenters. The molecule has 4 nitrogen and oxygen atoms in total. The van der Waals surface area contributed by atoms with E-state index in [-0.39, 0.29) is 5.91 Å². The SMILES string of the molecule is Nc1cc(Br)cc(NC(=O)c2cc(-c3ccccn3)cs2)c1. The van der Waals surface area contributed by atoms with Crippen LogP contribution in [0.1, 0.15) is 9.67 Å². The first-order valence-corrected chi connectivity index (χ1v) is 8.16. The Balaban J connectivity index is 1.80. The van der Waals surface area contributed by atoms with Crippen molar-refractivity contribution in [2.24, 2.45) is 0 Å². The minimum absolute atomic E-state index is 0.162. The number of hydrogen-bond donors (Lipinski definition) is 2. The molecule has 0 aliphatic heterocycles. The summed E-state index contributed by atoms with van der Waals surface area (Å²) < 4.78 is 0.822. The monoisotopic (exact) mass is 373 g/mol. The summed E-state index contributed by atoms with van der Waals surface area (Å²) in [4.78, 5) is 17.2. The number of carbonyl (C=O) groups is 1. The van der Waals surface area contributed by atoms with Gasteiger partial charge in [0.2, 0.25) is 0 Å². The van der Waals surface area contributed by atoms with Crippen molar-refractivity contribution in [1.29, 1.82) is 0 Å². The lowest BCUT2D eigenvalue weighted by molar-refractivity contribution is 0.103. The van der Waals surface area contributed by atoms with E-state index in [1.807, 2.05) is 35.7 Å². The zero-order chi connectivity index (χ0) is 15.5. The smallest absolute Gasteiger partial charge is 0.265 e. The number of nitrogens with zero attached hydrogens (tertiary/aromatic N) is 1. The Morgan fingerprint density at radius 1 is 1.23 bits per heavy atom. The highest BCUT2D eigenvalue weighted by molar-refractivity contribution is 9.10. The topological polar surface area (TPSA) is 68.0 Å². The Labute approximate surface area is 140 Å². The first-order chi connectivity index (χ1) is 10.6. The van der Waals surface area contributed by atoms with Crippen molar-refractivity contribution in [2.45, 2.75) is 0 Å². The molecule has 0 saturated heterocycles. The van der Waals surface area contributed by atoms with Crippen LogP contribution in [0.15, 0.2) is 58.5 Å². The van der Waals surface area contributed by atoms with Gasteiger partial charge in [-0.05, 0) is 36.4 Å². The molecule has 0 spiro atoms.